The fourth-order valence-corrected chi connectivity index (χ4v) is 4.40. The number of nitrogens with zero attached hydrogens (tertiary/aromatic N) is 4. The lowest BCUT2D eigenvalue weighted by Crippen LogP contribution is -2.36. The molecular formula is C24H22N4O2. The summed E-state index contributed by atoms with van der Waals surface area (Å²) in [5.41, 5.74) is 5.25. The van der Waals surface area contributed by atoms with Gasteiger partial charge in [-0.2, -0.15) is 0 Å². The first-order chi connectivity index (χ1) is 14.5. The van der Waals surface area contributed by atoms with Crippen molar-refractivity contribution in [2.24, 2.45) is 14.1 Å². The van der Waals surface area contributed by atoms with E-state index in [1.165, 1.54) is 11.6 Å². The second-order valence-electron chi connectivity index (χ2n) is 7.63. The summed E-state index contributed by atoms with van der Waals surface area (Å²) in [6, 6.07) is 17.8. The molecule has 0 spiro atoms. The molecule has 0 bridgehead atoms. The van der Waals surface area contributed by atoms with Gasteiger partial charge in [0.05, 0.1) is 38.8 Å². The van der Waals surface area contributed by atoms with Gasteiger partial charge in [-0.25, -0.2) is 9.78 Å². The van der Waals surface area contributed by atoms with Crippen LogP contribution in [0.5, 0.6) is 0 Å². The van der Waals surface area contributed by atoms with Crippen molar-refractivity contribution < 1.29 is 0 Å². The van der Waals surface area contributed by atoms with E-state index in [4.69, 9.17) is 4.98 Å². The predicted molar refractivity (Wildman–Crippen MR) is 120 cm³/mol. The van der Waals surface area contributed by atoms with Crippen LogP contribution >= 0.6 is 0 Å². The van der Waals surface area contributed by atoms with Crippen LogP contribution in [0.2, 0.25) is 0 Å². The summed E-state index contributed by atoms with van der Waals surface area (Å²) >= 11 is 0. The lowest BCUT2D eigenvalue weighted by Gasteiger charge is -2.11. The van der Waals surface area contributed by atoms with Gasteiger partial charge in [-0.1, -0.05) is 55.8 Å². The van der Waals surface area contributed by atoms with Crippen LogP contribution in [0.3, 0.4) is 0 Å². The maximum atomic E-state index is 13.4. The molecule has 6 heteroatoms. The van der Waals surface area contributed by atoms with E-state index in [0.29, 0.717) is 10.9 Å². The second kappa shape index (κ2) is 6.69. The molecule has 0 aliphatic heterocycles. The average molecular weight is 398 g/mol. The Labute approximate surface area is 172 Å². The molecule has 3 heterocycles. The largest absolute Gasteiger partial charge is 0.331 e. The fourth-order valence-electron chi connectivity index (χ4n) is 4.40. The summed E-state index contributed by atoms with van der Waals surface area (Å²) in [5.74, 6) is 0. The van der Waals surface area contributed by atoms with Gasteiger partial charge in [-0.3, -0.25) is 13.9 Å². The van der Waals surface area contributed by atoms with Crippen LogP contribution in [0, 0.1) is 0 Å². The third kappa shape index (κ3) is 2.40. The van der Waals surface area contributed by atoms with Gasteiger partial charge in [0.2, 0.25) is 0 Å². The minimum atomic E-state index is -0.338. The number of rotatable bonds is 3. The van der Waals surface area contributed by atoms with Crippen molar-refractivity contribution >= 4 is 27.5 Å². The highest BCUT2D eigenvalue weighted by Crippen LogP contribution is 2.35. The molecule has 3 aromatic heterocycles. The van der Waals surface area contributed by atoms with E-state index in [9.17, 15) is 9.59 Å². The van der Waals surface area contributed by atoms with Crippen LogP contribution in [0.15, 0.2) is 64.2 Å². The van der Waals surface area contributed by atoms with Crippen LogP contribution in [0.1, 0.15) is 19.0 Å². The monoisotopic (exact) mass is 398 g/mol. The summed E-state index contributed by atoms with van der Waals surface area (Å²) < 4.78 is 4.88. The summed E-state index contributed by atoms with van der Waals surface area (Å²) in [4.78, 5) is 31.1. The number of hydrogen-bond acceptors (Lipinski definition) is 3. The number of para-hydroxylation sites is 2. The molecule has 5 rings (SSSR count). The Morgan fingerprint density at radius 2 is 1.57 bits per heavy atom. The van der Waals surface area contributed by atoms with Gasteiger partial charge in [0.15, 0.2) is 0 Å². The molecular weight excluding hydrogens is 376 g/mol. The average Bonchev–Trinajstić information content (AvgIpc) is 3.14. The van der Waals surface area contributed by atoms with Crippen molar-refractivity contribution in [3.05, 3.63) is 81.1 Å². The molecule has 0 saturated carbocycles. The minimum Gasteiger partial charge on any atom is -0.303 e. The lowest BCUT2D eigenvalue weighted by atomic mass is 10.1. The summed E-state index contributed by atoms with van der Waals surface area (Å²) in [5, 5.41) is 0.543. The van der Waals surface area contributed by atoms with Gasteiger partial charge >= 0.3 is 5.69 Å². The maximum absolute atomic E-state index is 13.4. The predicted octanol–water partition coefficient (Wildman–Crippen LogP) is 3.66. The Bertz CT molecular complexity index is 1560. The van der Waals surface area contributed by atoms with Gasteiger partial charge in [0.25, 0.3) is 5.56 Å². The Balaban J connectivity index is 2.21. The number of aryl methyl sites for hydroxylation is 2. The van der Waals surface area contributed by atoms with Gasteiger partial charge in [0, 0.05) is 14.1 Å². The second-order valence-corrected chi connectivity index (χ2v) is 7.63. The molecule has 0 aliphatic carbocycles. The van der Waals surface area contributed by atoms with E-state index in [1.54, 1.807) is 11.6 Å². The van der Waals surface area contributed by atoms with Gasteiger partial charge in [-0.05, 0) is 24.1 Å². The van der Waals surface area contributed by atoms with E-state index >= 15 is 0 Å². The van der Waals surface area contributed by atoms with Crippen LogP contribution in [0.25, 0.3) is 38.7 Å². The van der Waals surface area contributed by atoms with Gasteiger partial charge in [-0.15, -0.1) is 0 Å². The van der Waals surface area contributed by atoms with E-state index in [-0.39, 0.29) is 11.2 Å². The lowest BCUT2D eigenvalue weighted by molar-refractivity contribution is 0.715. The van der Waals surface area contributed by atoms with Crippen molar-refractivity contribution in [2.45, 2.75) is 19.8 Å². The molecule has 0 aliphatic rings. The zero-order chi connectivity index (χ0) is 21.0. The molecule has 30 heavy (non-hydrogen) atoms. The highest BCUT2D eigenvalue weighted by molar-refractivity contribution is 6.07. The van der Waals surface area contributed by atoms with Crippen LogP contribution in [0.4, 0.5) is 0 Å². The molecule has 0 amide bonds. The topological polar surface area (TPSA) is 61.3 Å². The summed E-state index contributed by atoms with van der Waals surface area (Å²) in [7, 11) is 3.26. The van der Waals surface area contributed by atoms with E-state index in [1.807, 2.05) is 54.6 Å². The summed E-state index contributed by atoms with van der Waals surface area (Å²) in [6.07, 6.45) is 1.66. The molecule has 6 nitrogen and oxygen atoms in total. The Morgan fingerprint density at radius 1 is 0.867 bits per heavy atom. The molecule has 0 saturated heterocycles. The zero-order valence-electron chi connectivity index (χ0n) is 17.2. The van der Waals surface area contributed by atoms with Gasteiger partial charge < -0.3 is 4.40 Å². The number of hydrogen-bond donors (Lipinski definition) is 0. The van der Waals surface area contributed by atoms with Gasteiger partial charge in [0.1, 0.15) is 0 Å². The molecule has 0 radical (unpaired) electrons. The Morgan fingerprint density at radius 3 is 2.30 bits per heavy atom. The van der Waals surface area contributed by atoms with Crippen LogP contribution in [-0.2, 0) is 20.5 Å². The van der Waals surface area contributed by atoms with Crippen LogP contribution < -0.4 is 11.2 Å². The van der Waals surface area contributed by atoms with Crippen molar-refractivity contribution in [1.82, 2.24) is 18.5 Å². The number of fused-ring (bicyclic) bond motifs is 5. The molecule has 0 unspecified atom stereocenters. The Kier molecular flexibility index (Phi) is 4.10. The first-order valence-electron chi connectivity index (χ1n) is 10.1. The molecule has 5 aromatic rings. The highest BCUT2D eigenvalue weighted by Gasteiger charge is 2.24. The zero-order valence-corrected chi connectivity index (χ0v) is 17.2. The molecule has 2 aromatic carbocycles. The standard InChI is InChI=1S/C24H22N4O2/c1-4-10-17-21-22-19(23(29)27(3)24(30)26(22)2)20(15-11-6-5-7-12-15)28(21)18-14-9-8-13-16(18)25-17/h5-9,11-14H,4,10H2,1-3H3. The van der Waals surface area contributed by atoms with Crippen molar-refractivity contribution in [3.63, 3.8) is 0 Å². The molecule has 0 N–H and O–H groups in total. The maximum Gasteiger partial charge on any atom is 0.331 e. The normalized spacial score (nSPS) is 11.7. The summed E-state index contributed by atoms with van der Waals surface area (Å²) in [6.45, 7) is 2.11. The Hall–Kier alpha value is -3.67. The smallest absolute Gasteiger partial charge is 0.303 e. The van der Waals surface area contributed by atoms with E-state index in [0.717, 1.165) is 46.3 Å². The van der Waals surface area contributed by atoms with E-state index < -0.39 is 0 Å². The minimum absolute atomic E-state index is 0.290. The molecule has 0 atom stereocenters. The van der Waals surface area contributed by atoms with E-state index in [2.05, 4.69) is 11.3 Å². The third-order valence-electron chi connectivity index (χ3n) is 5.76. The van der Waals surface area contributed by atoms with Crippen molar-refractivity contribution in [2.75, 3.05) is 0 Å². The SMILES string of the molecule is CCCc1nc2ccccc2n2c(-c3ccccc3)c3c(=O)n(C)c(=O)n(C)c3c12. The molecule has 0 fully saturated rings. The highest BCUT2D eigenvalue weighted by atomic mass is 16.2. The van der Waals surface area contributed by atoms with Crippen molar-refractivity contribution in [3.8, 4) is 11.3 Å². The number of aromatic nitrogens is 4. The number of benzene rings is 2. The molecule has 150 valence electrons. The van der Waals surface area contributed by atoms with Crippen molar-refractivity contribution in [1.29, 1.82) is 0 Å². The quantitative estimate of drug-likeness (QED) is 0.466. The third-order valence-corrected chi connectivity index (χ3v) is 5.76. The van der Waals surface area contributed by atoms with Crippen LogP contribution in [-0.4, -0.2) is 18.5 Å². The first-order valence-corrected chi connectivity index (χ1v) is 10.1. The fraction of sp³-hybridized carbons (Fsp3) is 0.208. The first kappa shape index (κ1) is 18.4.